The minimum absolute atomic E-state index is 0.164. The summed E-state index contributed by atoms with van der Waals surface area (Å²) in [4.78, 5) is 12.0. The third-order valence-electron chi connectivity index (χ3n) is 3.50. The van der Waals surface area contributed by atoms with Crippen molar-refractivity contribution >= 4 is 21.8 Å². The molecule has 2 aromatic carbocycles. The Balaban J connectivity index is 1.74. The van der Waals surface area contributed by atoms with Crippen LogP contribution in [0.1, 0.15) is 18.1 Å². The molecule has 1 atom stereocenters. The van der Waals surface area contributed by atoms with Gasteiger partial charge in [-0.05, 0) is 62.2 Å². The van der Waals surface area contributed by atoms with Gasteiger partial charge in [-0.2, -0.15) is 0 Å². The number of hydrogen-bond acceptors (Lipinski definition) is 3. The number of hydrogen-bond donors (Lipinski definition) is 1. The van der Waals surface area contributed by atoms with Crippen molar-refractivity contribution in [1.29, 1.82) is 0 Å². The maximum absolute atomic E-state index is 12.0. The summed E-state index contributed by atoms with van der Waals surface area (Å²) < 4.78 is 12.3. The number of carbonyl (C=O) groups excluding carboxylic acids is 1. The van der Waals surface area contributed by atoms with Gasteiger partial charge in [0.05, 0.1) is 6.54 Å². The smallest absolute Gasteiger partial charge is 0.260 e. The van der Waals surface area contributed by atoms with E-state index in [-0.39, 0.29) is 5.91 Å². The van der Waals surface area contributed by atoms with Gasteiger partial charge in [0.1, 0.15) is 18.1 Å². The van der Waals surface area contributed by atoms with Gasteiger partial charge in [-0.1, -0.05) is 28.1 Å². The van der Waals surface area contributed by atoms with Crippen LogP contribution in [0.4, 0.5) is 0 Å². The van der Waals surface area contributed by atoms with E-state index in [0.29, 0.717) is 18.9 Å². The van der Waals surface area contributed by atoms with E-state index in [1.807, 2.05) is 56.3 Å². The van der Waals surface area contributed by atoms with E-state index in [0.717, 1.165) is 21.3 Å². The first kappa shape index (κ1) is 18.3. The van der Waals surface area contributed by atoms with E-state index < -0.39 is 6.10 Å². The Labute approximate surface area is 151 Å². The zero-order valence-corrected chi connectivity index (χ0v) is 15.7. The Morgan fingerprint density at radius 3 is 2.58 bits per heavy atom. The Morgan fingerprint density at radius 2 is 1.88 bits per heavy atom. The van der Waals surface area contributed by atoms with Gasteiger partial charge in [-0.3, -0.25) is 4.79 Å². The van der Waals surface area contributed by atoms with Crippen LogP contribution in [-0.2, 0) is 4.79 Å². The molecule has 1 N–H and O–H groups in total. The van der Waals surface area contributed by atoms with Crippen molar-refractivity contribution in [2.24, 2.45) is 0 Å². The lowest BCUT2D eigenvalue weighted by atomic mass is 10.1. The van der Waals surface area contributed by atoms with E-state index in [2.05, 4.69) is 21.2 Å². The number of carbonyl (C=O) groups is 1. The van der Waals surface area contributed by atoms with Gasteiger partial charge in [-0.25, -0.2) is 0 Å². The van der Waals surface area contributed by atoms with Crippen LogP contribution in [0.2, 0.25) is 0 Å². The van der Waals surface area contributed by atoms with Crippen LogP contribution in [0.3, 0.4) is 0 Å². The monoisotopic (exact) mass is 391 g/mol. The maximum atomic E-state index is 12.0. The molecular weight excluding hydrogens is 370 g/mol. The Kier molecular flexibility index (Phi) is 6.67. The molecule has 0 aliphatic carbocycles. The first-order valence-electron chi connectivity index (χ1n) is 7.85. The van der Waals surface area contributed by atoms with Crippen molar-refractivity contribution < 1.29 is 14.3 Å². The van der Waals surface area contributed by atoms with Crippen molar-refractivity contribution in [3.63, 3.8) is 0 Å². The standard InChI is InChI=1S/C19H22BrNO3/c1-13-4-5-14(2)18(12-13)23-11-10-21-19(22)15(3)24-17-8-6-16(20)7-9-17/h4-9,12,15H,10-11H2,1-3H3,(H,21,22). The second kappa shape index (κ2) is 8.73. The number of ether oxygens (including phenoxy) is 2. The van der Waals surface area contributed by atoms with Crippen LogP contribution >= 0.6 is 15.9 Å². The topological polar surface area (TPSA) is 47.6 Å². The zero-order valence-electron chi connectivity index (χ0n) is 14.1. The quantitative estimate of drug-likeness (QED) is 0.724. The fourth-order valence-corrected chi connectivity index (χ4v) is 2.38. The number of rotatable bonds is 7. The molecule has 2 aromatic rings. The molecule has 5 heteroatoms. The average molecular weight is 392 g/mol. The molecule has 1 amide bonds. The third-order valence-corrected chi connectivity index (χ3v) is 4.03. The summed E-state index contributed by atoms with van der Waals surface area (Å²) in [7, 11) is 0. The Morgan fingerprint density at radius 1 is 1.17 bits per heavy atom. The summed E-state index contributed by atoms with van der Waals surface area (Å²) in [6, 6.07) is 13.4. The lowest BCUT2D eigenvalue weighted by Gasteiger charge is -2.15. The van der Waals surface area contributed by atoms with Crippen molar-refractivity contribution in [3.05, 3.63) is 58.1 Å². The predicted octanol–water partition coefficient (Wildman–Crippen LogP) is 4.03. The minimum Gasteiger partial charge on any atom is -0.491 e. The molecule has 0 aromatic heterocycles. The summed E-state index contributed by atoms with van der Waals surface area (Å²) in [5.41, 5.74) is 2.23. The van der Waals surface area contributed by atoms with Crippen LogP contribution in [0.25, 0.3) is 0 Å². The first-order valence-corrected chi connectivity index (χ1v) is 8.65. The van der Waals surface area contributed by atoms with Gasteiger partial charge in [0, 0.05) is 4.47 Å². The highest BCUT2D eigenvalue weighted by atomic mass is 79.9. The summed E-state index contributed by atoms with van der Waals surface area (Å²) in [5.74, 6) is 1.35. The van der Waals surface area contributed by atoms with Crippen LogP contribution in [0.15, 0.2) is 46.9 Å². The van der Waals surface area contributed by atoms with Gasteiger partial charge in [0.15, 0.2) is 6.10 Å². The number of halogens is 1. The number of amides is 1. The highest BCUT2D eigenvalue weighted by Gasteiger charge is 2.14. The largest absolute Gasteiger partial charge is 0.491 e. The van der Waals surface area contributed by atoms with E-state index in [1.54, 1.807) is 6.92 Å². The molecule has 0 spiro atoms. The number of aryl methyl sites for hydroxylation is 2. The van der Waals surface area contributed by atoms with E-state index in [9.17, 15) is 4.79 Å². The van der Waals surface area contributed by atoms with Crippen molar-refractivity contribution in [3.8, 4) is 11.5 Å². The number of benzene rings is 2. The predicted molar refractivity (Wildman–Crippen MR) is 98.7 cm³/mol. The fraction of sp³-hybridized carbons (Fsp3) is 0.316. The van der Waals surface area contributed by atoms with Crippen LogP contribution < -0.4 is 14.8 Å². The van der Waals surface area contributed by atoms with Crippen LogP contribution in [-0.4, -0.2) is 25.2 Å². The maximum Gasteiger partial charge on any atom is 0.260 e. The first-order chi connectivity index (χ1) is 11.5. The van der Waals surface area contributed by atoms with Gasteiger partial charge < -0.3 is 14.8 Å². The molecule has 0 fully saturated rings. The van der Waals surface area contributed by atoms with E-state index in [4.69, 9.17) is 9.47 Å². The molecule has 0 radical (unpaired) electrons. The highest BCUT2D eigenvalue weighted by Crippen LogP contribution is 2.19. The third kappa shape index (κ3) is 5.57. The average Bonchev–Trinajstić information content (AvgIpc) is 2.56. The second-order valence-corrected chi connectivity index (χ2v) is 6.54. The SMILES string of the molecule is Cc1ccc(C)c(OCCNC(=O)C(C)Oc2ccc(Br)cc2)c1. The van der Waals surface area contributed by atoms with Crippen LogP contribution in [0, 0.1) is 13.8 Å². The second-order valence-electron chi connectivity index (χ2n) is 5.62. The Hall–Kier alpha value is -2.01. The van der Waals surface area contributed by atoms with Crippen LogP contribution in [0.5, 0.6) is 11.5 Å². The zero-order chi connectivity index (χ0) is 17.5. The van der Waals surface area contributed by atoms with Crippen molar-refractivity contribution in [1.82, 2.24) is 5.32 Å². The van der Waals surface area contributed by atoms with Crippen molar-refractivity contribution in [2.75, 3.05) is 13.2 Å². The molecule has 0 aliphatic heterocycles. The van der Waals surface area contributed by atoms with E-state index in [1.165, 1.54) is 0 Å². The normalized spacial score (nSPS) is 11.7. The molecule has 24 heavy (non-hydrogen) atoms. The Bertz CT molecular complexity index is 686. The molecular formula is C19H22BrNO3. The van der Waals surface area contributed by atoms with E-state index >= 15 is 0 Å². The molecule has 0 saturated heterocycles. The molecule has 0 aliphatic rings. The molecule has 0 saturated carbocycles. The summed E-state index contributed by atoms with van der Waals surface area (Å²) in [6.07, 6.45) is -0.563. The van der Waals surface area contributed by atoms with Gasteiger partial charge in [0.25, 0.3) is 5.91 Å². The molecule has 0 heterocycles. The lowest BCUT2D eigenvalue weighted by molar-refractivity contribution is -0.127. The highest BCUT2D eigenvalue weighted by molar-refractivity contribution is 9.10. The number of nitrogens with one attached hydrogen (secondary N) is 1. The minimum atomic E-state index is -0.563. The summed E-state index contributed by atoms with van der Waals surface area (Å²) in [5, 5.41) is 2.82. The van der Waals surface area contributed by atoms with Gasteiger partial charge in [0.2, 0.25) is 0 Å². The summed E-state index contributed by atoms with van der Waals surface area (Å²) in [6.45, 7) is 6.60. The molecule has 128 valence electrons. The molecule has 2 rings (SSSR count). The van der Waals surface area contributed by atoms with Gasteiger partial charge >= 0.3 is 0 Å². The van der Waals surface area contributed by atoms with Crippen molar-refractivity contribution in [2.45, 2.75) is 26.9 Å². The molecule has 0 bridgehead atoms. The summed E-state index contributed by atoms with van der Waals surface area (Å²) >= 11 is 3.36. The lowest BCUT2D eigenvalue weighted by Crippen LogP contribution is -2.38. The molecule has 1 unspecified atom stereocenters. The molecule has 4 nitrogen and oxygen atoms in total. The fourth-order valence-electron chi connectivity index (χ4n) is 2.11. The van der Waals surface area contributed by atoms with Gasteiger partial charge in [-0.15, -0.1) is 0 Å².